The van der Waals surface area contributed by atoms with E-state index in [1.807, 2.05) is 24.7 Å². The van der Waals surface area contributed by atoms with Crippen molar-refractivity contribution in [3.8, 4) is 0 Å². The highest BCUT2D eigenvalue weighted by atomic mass is 127. The van der Waals surface area contributed by atoms with Crippen molar-refractivity contribution in [2.45, 2.75) is 39.3 Å². The van der Waals surface area contributed by atoms with Gasteiger partial charge in [-0.3, -0.25) is 14.6 Å². The number of halogens is 2. The first-order valence-electron chi connectivity index (χ1n) is 10.9. The Morgan fingerprint density at radius 1 is 1.28 bits per heavy atom. The molecule has 1 aliphatic rings. The molecule has 1 aromatic carbocycles. The van der Waals surface area contributed by atoms with Gasteiger partial charge >= 0.3 is 0 Å². The van der Waals surface area contributed by atoms with Crippen LogP contribution in [0.25, 0.3) is 0 Å². The van der Waals surface area contributed by atoms with Crippen LogP contribution in [0.4, 0.5) is 4.39 Å². The van der Waals surface area contributed by atoms with Gasteiger partial charge in [-0.1, -0.05) is 12.1 Å². The molecule has 32 heavy (non-hydrogen) atoms. The molecule has 7 nitrogen and oxygen atoms in total. The van der Waals surface area contributed by atoms with Crippen molar-refractivity contribution in [1.29, 1.82) is 0 Å². The molecule has 1 fully saturated rings. The van der Waals surface area contributed by atoms with Crippen LogP contribution in [0.15, 0.2) is 29.3 Å². The third kappa shape index (κ3) is 6.89. The first kappa shape index (κ1) is 26.5. The minimum absolute atomic E-state index is 0. The quantitative estimate of drug-likeness (QED) is 0.311. The van der Waals surface area contributed by atoms with E-state index in [9.17, 15) is 4.39 Å². The van der Waals surface area contributed by atoms with Crippen LogP contribution in [-0.4, -0.2) is 66.6 Å². The van der Waals surface area contributed by atoms with E-state index < -0.39 is 0 Å². The summed E-state index contributed by atoms with van der Waals surface area (Å²) >= 11 is 0. The average molecular weight is 558 g/mol. The summed E-state index contributed by atoms with van der Waals surface area (Å²) in [5.74, 6) is 0.524. The standard InChI is InChI=1S/C23H35FN6O.HI/c1-16(13-21-17(2)28-29(5)18(21)3)27-23(25-4)26-15-22(30-9-11-31-12-10-30)19-7-6-8-20(24)14-19;/h6-8,14,16,22H,9-13,15H2,1-5H3,(H2,25,26,27);1H. The molecule has 3 rings (SSSR count). The van der Waals surface area contributed by atoms with Gasteiger partial charge in [-0.2, -0.15) is 5.10 Å². The Bertz CT molecular complexity index is 897. The lowest BCUT2D eigenvalue weighted by atomic mass is 10.0. The summed E-state index contributed by atoms with van der Waals surface area (Å²) in [6, 6.07) is 7.08. The number of nitrogens with zero attached hydrogens (tertiary/aromatic N) is 4. The maximum Gasteiger partial charge on any atom is 0.191 e. The fraction of sp³-hybridized carbons (Fsp3) is 0.565. The van der Waals surface area contributed by atoms with Crippen LogP contribution in [0.5, 0.6) is 0 Å². The highest BCUT2D eigenvalue weighted by Crippen LogP contribution is 2.22. The summed E-state index contributed by atoms with van der Waals surface area (Å²) in [5.41, 5.74) is 4.48. The molecule has 2 aromatic rings. The van der Waals surface area contributed by atoms with Gasteiger partial charge in [-0.05, 0) is 50.5 Å². The number of guanidine groups is 1. The van der Waals surface area contributed by atoms with E-state index in [1.165, 1.54) is 17.3 Å². The van der Waals surface area contributed by atoms with Gasteiger partial charge in [0.1, 0.15) is 5.82 Å². The van der Waals surface area contributed by atoms with E-state index in [-0.39, 0.29) is 41.9 Å². The van der Waals surface area contributed by atoms with E-state index in [2.05, 4.69) is 39.5 Å². The van der Waals surface area contributed by atoms with E-state index >= 15 is 0 Å². The van der Waals surface area contributed by atoms with Crippen LogP contribution in [0.2, 0.25) is 0 Å². The molecular weight excluding hydrogens is 522 g/mol. The SMILES string of the molecule is CN=C(NCC(c1cccc(F)c1)N1CCOCC1)NC(C)Cc1c(C)nn(C)c1C.I. The summed E-state index contributed by atoms with van der Waals surface area (Å²) in [5, 5.41) is 11.4. The molecule has 0 aliphatic carbocycles. The molecule has 0 amide bonds. The molecule has 2 N–H and O–H groups in total. The zero-order valence-electron chi connectivity index (χ0n) is 19.7. The van der Waals surface area contributed by atoms with Crippen LogP contribution >= 0.6 is 24.0 Å². The maximum absolute atomic E-state index is 13.9. The Morgan fingerprint density at radius 3 is 2.59 bits per heavy atom. The highest BCUT2D eigenvalue weighted by Gasteiger charge is 2.23. The van der Waals surface area contributed by atoms with Crippen molar-refractivity contribution in [3.05, 3.63) is 52.6 Å². The maximum atomic E-state index is 13.9. The average Bonchev–Trinajstić information content (AvgIpc) is 2.99. The highest BCUT2D eigenvalue weighted by molar-refractivity contribution is 14.0. The van der Waals surface area contributed by atoms with Gasteiger partial charge in [0.15, 0.2) is 5.96 Å². The number of aryl methyl sites for hydroxylation is 2. The van der Waals surface area contributed by atoms with Crippen LogP contribution in [0, 0.1) is 19.7 Å². The molecule has 0 radical (unpaired) electrons. The van der Waals surface area contributed by atoms with Gasteiger partial charge in [0.2, 0.25) is 0 Å². The number of hydrogen-bond donors (Lipinski definition) is 2. The largest absolute Gasteiger partial charge is 0.379 e. The second kappa shape index (κ2) is 12.5. The predicted octanol–water partition coefficient (Wildman–Crippen LogP) is 2.96. The number of aliphatic imine (C=N–C) groups is 1. The monoisotopic (exact) mass is 558 g/mol. The van der Waals surface area contributed by atoms with Crippen molar-refractivity contribution < 1.29 is 9.13 Å². The second-order valence-corrected chi connectivity index (χ2v) is 8.19. The molecule has 2 unspecified atom stereocenters. The van der Waals surface area contributed by atoms with E-state index in [0.717, 1.165) is 36.7 Å². The number of ether oxygens (including phenoxy) is 1. The van der Waals surface area contributed by atoms with E-state index in [4.69, 9.17) is 4.74 Å². The molecule has 1 aliphatic heterocycles. The third-order valence-electron chi connectivity index (χ3n) is 5.96. The van der Waals surface area contributed by atoms with Crippen LogP contribution in [-0.2, 0) is 18.2 Å². The topological polar surface area (TPSA) is 66.7 Å². The fourth-order valence-corrected chi connectivity index (χ4v) is 4.15. The number of nitrogens with one attached hydrogen (secondary N) is 2. The van der Waals surface area contributed by atoms with Crippen LogP contribution in [0.1, 0.15) is 35.5 Å². The molecule has 1 saturated heterocycles. The fourth-order valence-electron chi connectivity index (χ4n) is 4.15. The van der Waals surface area contributed by atoms with Gasteiger partial charge in [-0.15, -0.1) is 24.0 Å². The first-order valence-corrected chi connectivity index (χ1v) is 10.9. The van der Waals surface area contributed by atoms with Crippen molar-refractivity contribution in [1.82, 2.24) is 25.3 Å². The number of benzene rings is 1. The Morgan fingerprint density at radius 2 is 2.00 bits per heavy atom. The van der Waals surface area contributed by atoms with Crippen LogP contribution in [0.3, 0.4) is 0 Å². The number of hydrogen-bond acceptors (Lipinski definition) is 4. The third-order valence-corrected chi connectivity index (χ3v) is 5.96. The molecule has 1 aromatic heterocycles. The minimum Gasteiger partial charge on any atom is -0.379 e. The van der Waals surface area contributed by atoms with Gasteiger partial charge in [0, 0.05) is 45.5 Å². The predicted molar refractivity (Wildman–Crippen MR) is 137 cm³/mol. The number of rotatable bonds is 7. The zero-order valence-corrected chi connectivity index (χ0v) is 22.0. The molecule has 178 valence electrons. The summed E-state index contributed by atoms with van der Waals surface area (Å²) in [4.78, 5) is 6.74. The minimum atomic E-state index is -0.214. The van der Waals surface area contributed by atoms with Crippen molar-refractivity contribution >= 4 is 29.9 Å². The van der Waals surface area contributed by atoms with Crippen molar-refractivity contribution in [2.75, 3.05) is 39.9 Å². The van der Waals surface area contributed by atoms with E-state index in [1.54, 1.807) is 19.2 Å². The molecule has 0 saturated carbocycles. The van der Waals surface area contributed by atoms with E-state index in [0.29, 0.717) is 19.8 Å². The molecule has 0 bridgehead atoms. The lowest BCUT2D eigenvalue weighted by Crippen LogP contribution is -2.48. The summed E-state index contributed by atoms with van der Waals surface area (Å²) in [6.45, 7) is 9.95. The van der Waals surface area contributed by atoms with Gasteiger partial charge < -0.3 is 15.4 Å². The Balaban J connectivity index is 0.00000363. The smallest absolute Gasteiger partial charge is 0.191 e. The normalized spacial score (nSPS) is 16.9. The number of morpholine rings is 1. The summed E-state index contributed by atoms with van der Waals surface area (Å²) < 4.78 is 21.3. The number of aromatic nitrogens is 2. The molecular formula is C23H36FIN6O. The Labute approximate surface area is 207 Å². The molecule has 2 atom stereocenters. The molecule has 2 heterocycles. The van der Waals surface area contributed by atoms with Crippen molar-refractivity contribution in [3.63, 3.8) is 0 Å². The van der Waals surface area contributed by atoms with Gasteiger partial charge in [0.05, 0.1) is 24.9 Å². The zero-order chi connectivity index (χ0) is 22.4. The van der Waals surface area contributed by atoms with Crippen LogP contribution < -0.4 is 10.6 Å². The van der Waals surface area contributed by atoms with Gasteiger partial charge in [0.25, 0.3) is 0 Å². The second-order valence-electron chi connectivity index (χ2n) is 8.19. The lowest BCUT2D eigenvalue weighted by molar-refractivity contribution is 0.0169. The van der Waals surface area contributed by atoms with Gasteiger partial charge in [-0.25, -0.2) is 4.39 Å². The van der Waals surface area contributed by atoms with Crippen molar-refractivity contribution in [2.24, 2.45) is 12.0 Å². The summed E-state index contributed by atoms with van der Waals surface area (Å²) in [7, 11) is 3.75. The Hall–Kier alpha value is -1.72. The summed E-state index contributed by atoms with van der Waals surface area (Å²) in [6.07, 6.45) is 0.864. The first-order chi connectivity index (χ1) is 14.9. The Kier molecular flexibility index (Phi) is 10.4. The lowest BCUT2D eigenvalue weighted by Gasteiger charge is -2.35. The molecule has 0 spiro atoms. The molecule has 9 heteroatoms.